The van der Waals surface area contributed by atoms with Crippen LogP contribution in [0.5, 0.6) is 0 Å². The van der Waals surface area contributed by atoms with Crippen molar-refractivity contribution in [2.45, 2.75) is 51.4 Å². The molecule has 2 N–H and O–H groups in total. The highest BCUT2D eigenvalue weighted by Gasteiger charge is 2.42. The van der Waals surface area contributed by atoms with Crippen molar-refractivity contribution in [3.8, 4) is 0 Å². The number of amides is 3. The van der Waals surface area contributed by atoms with E-state index in [1.807, 2.05) is 0 Å². The molecule has 1 unspecified atom stereocenters. The lowest BCUT2D eigenvalue weighted by Gasteiger charge is -2.35. The minimum Gasteiger partial charge on any atom is -0.351 e. The number of rotatable bonds is 1. The Morgan fingerprint density at radius 1 is 0.952 bits per heavy atom. The van der Waals surface area contributed by atoms with Crippen LogP contribution in [-0.4, -0.2) is 47.9 Å². The third-order valence-corrected chi connectivity index (χ3v) is 5.75. The van der Waals surface area contributed by atoms with E-state index >= 15 is 0 Å². The van der Waals surface area contributed by atoms with Crippen molar-refractivity contribution in [1.29, 1.82) is 0 Å². The summed E-state index contributed by atoms with van der Waals surface area (Å²) >= 11 is 0. The third-order valence-electron chi connectivity index (χ3n) is 5.75. The lowest BCUT2D eigenvalue weighted by atomic mass is 9.73. The van der Waals surface area contributed by atoms with Crippen molar-refractivity contribution in [3.05, 3.63) is 0 Å². The molecule has 0 aromatic carbocycles. The first-order valence-corrected chi connectivity index (χ1v) is 8.43. The summed E-state index contributed by atoms with van der Waals surface area (Å²) in [5, 5.41) is 0. The maximum Gasteiger partial charge on any atom is 0.314 e. The molecule has 3 fully saturated rings. The van der Waals surface area contributed by atoms with Crippen LogP contribution in [0.3, 0.4) is 0 Å². The maximum atomic E-state index is 12.7. The number of carbonyl (C=O) groups is 2. The number of urea groups is 1. The standard InChI is InChI=1S/C16H27N3O2/c17-15(21)18-9-4-5-13(11-18)14(20)19-10-8-16(12-19)6-2-1-3-7-16/h13H,1-12H2,(H2,17,21). The van der Waals surface area contributed by atoms with Gasteiger partial charge < -0.3 is 15.5 Å². The van der Waals surface area contributed by atoms with Crippen LogP contribution in [0, 0.1) is 11.3 Å². The molecule has 5 heteroatoms. The normalized spacial score (nSPS) is 28.9. The Morgan fingerprint density at radius 3 is 2.43 bits per heavy atom. The van der Waals surface area contributed by atoms with E-state index in [4.69, 9.17) is 5.73 Å². The van der Waals surface area contributed by atoms with E-state index in [2.05, 4.69) is 4.90 Å². The number of likely N-dealkylation sites (tertiary alicyclic amines) is 2. The SMILES string of the molecule is NC(=O)N1CCCC(C(=O)N2CCC3(CCCCC3)C2)C1. The van der Waals surface area contributed by atoms with Crippen LogP contribution in [0.15, 0.2) is 0 Å². The molecule has 1 atom stereocenters. The second-order valence-corrected chi connectivity index (χ2v) is 7.19. The molecule has 0 aromatic rings. The first-order chi connectivity index (χ1) is 10.1. The summed E-state index contributed by atoms with van der Waals surface area (Å²) in [6, 6.07) is -0.391. The molecule has 1 saturated carbocycles. The predicted octanol–water partition coefficient (Wildman–Crippen LogP) is 1.96. The molecule has 21 heavy (non-hydrogen) atoms. The summed E-state index contributed by atoms with van der Waals surface area (Å²) in [4.78, 5) is 27.7. The third kappa shape index (κ3) is 3.01. The van der Waals surface area contributed by atoms with Crippen molar-refractivity contribution in [2.24, 2.45) is 17.1 Å². The Hall–Kier alpha value is -1.26. The van der Waals surface area contributed by atoms with Gasteiger partial charge >= 0.3 is 6.03 Å². The number of carbonyl (C=O) groups excluding carboxylic acids is 2. The topological polar surface area (TPSA) is 66.6 Å². The van der Waals surface area contributed by atoms with Gasteiger partial charge in [-0.2, -0.15) is 0 Å². The van der Waals surface area contributed by atoms with E-state index in [1.54, 1.807) is 4.90 Å². The molecule has 2 heterocycles. The van der Waals surface area contributed by atoms with Gasteiger partial charge in [0.25, 0.3) is 0 Å². The number of primary amides is 1. The maximum absolute atomic E-state index is 12.7. The Morgan fingerprint density at radius 2 is 1.71 bits per heavy atom. The van der Waals surface area contributed by atoms with E-state index in [-0.39, 0.29) is 11.8 Å². The smallest absolute Gasteiger partial charge is 0.314 e. The van der Waals surface area contributed by atoms with Crippen LogP contribution >= 0.6 is 0 Å². The van der Waals surface area contributed by atoms with Gasteiger partial charge in [-0.15, -0.1) is 0 Å². The van der Waals surface area contributed by atoms with Crippen molar-refractivity contribution in [3.63, 3.8) is 0 Å². The summed E-state index contributed by atoms with van der Waals surface area (Å²) in [6.07, 6.45) is 9.52. The summed E-state index contributed by atoms with van der Waals surface area (Å²) in [6.45, 7) is 3.06. The predicted molar refractivity (Wildman–Crippen MR) is 80.6 cm³/mol. The van der Waals surface area contributed by atoms with Crippen LogP contribution in [0.1, 0.15) is 51.4 Å². The van der Waals surface area contributed by atoms with Gasteiger partial charge in [0.15, 0.2) is 0 Å². The number of hydrogen-bond acceptors (Lipinski definition) is 2. The largest absolute Gasteiger partial charge is 0.351 e. The highest BCUT2D eigenvalue weighted by Crippen LogP contribution is 2.44. The van der Waals surface area contributed by atoms with Gasteiger partial charge in [-0.05, 0) is 37.5 Å². The van der Waals surface area contributed by atoms with E-state index < -0.39 is 6.03 Å². The van der Waals surface area contributed by atoms with Crippen molar-refractivity contribution in [1.82, 2.24) is 9.80 Å². The molecule has 0 bridgehead atoms. The average Bonchev–Trinajstić information content (AvgIpc) is 2.91. The van der Waals surface area contributed by atoms with E-state index in [9.17, 15) is 9.59 Å². The van der Waals surface area contributed by atoms with E-state index in [1.165, 1.54) is 38.5 Å². The van der Waals surface area contributed by atoms with Gasteiger partial charge in [-0.25, -0.2) is 4.79 Å². The Balaban J connectivity index is 1.59. The molecular formula is C16H27N3O2. The monoisotopic (exact) mass is 293 g/mol. The second kappa shape index (κ2) is 5.85. The lowest BCUT2D eigenvalue weighted by Crippen LogP contribution is -2.48. The zero-order chi connectivity index (χ0) is 14.9. The summed E-state index contributed by atoms with van der Waals surface area (Å²) < 4.78 is 0. The molecule has 0 radical (unpaired) electrons. The van der Waals surface area contributed by atoms with E-state index in [0.29, 0.717) is 18.5 Å². The van der Waals surface area contributed by atoms with Crippen molar-refractivity contribution in [2.75, 3.05) is 26.2 Å². The van der Waals surface area contributed by atoms with Crippen LogP contribution in [0.4, 0.5) is 4.79 Å². The fourth-order valence-electron chi connectivity index (χ4n) is 4.47. The Bertz CT molecular complexity index is 418. The fraction of sp³-hybridized carbons (Fsp3) is 0.875. The number of piperidine rings is 1. The highest BCUT2D eigenvalue weighted by atomic mass is 16.2. The number of nitrogens with zero attached hydrogens (tertiary/aromatic N) is 2. The second-order valence-electron chi connectivity index (χ2n) is 7.19. The quantitative estimate of drug-likeness (QED) is 0.803. The van der Waals surface area contributed by atoms with Crippen molar-refractivity contribution < 1.29 is 9.59 Å². The average molecular weight is 293 g/mol. The first-order valence-electron chi connectivity index (χ1n) is 8.43. The number of hydrogen-bond donors (Lipinski definition) is 1. The number of nitrogens with two attached hydrogens (primary N) is 1. The molecular weight excluding hydrogens is 266 g/mol. The van der Waals surface area contributed by atoms with Crippen LogP contribution in [0.2, 0.25) is 0 Å². The summed E-state index contributed by atoms with van der Waals surface area (Å²) in [5.41, 5.74) is 5.77. The van der Waals surface area contributed by atoms with Gasteiger partial charge in [0.1, 0.15) is 0 Å². The van der Waals surface area contributed by atoms with Gasteiger partial charge in [0, 0.05) is 26.2 Å². The van der Waals surface area contributed by atoms with Gasteiger partial charge in [0.05, 0.1) is 5.92 Å². The lowest BCUT2D eigenvalue weighted by molar-refractivity contribution is -0.136. The fourth-order valence-corrected chi connectivity index (χ4v) is 4.47. The van der Waals surface area contributed by atoms with Gasteiger partial charge in [0.2, 0.25) is 5.91 Å². The molecule has 1 aliphatic carbocycles. The summed E-state index contributed by atoms with van der Waals surface area (Å²) in [5.74, 6) is 0.216. The zero-order valence-electron chi connectivity index (χ0n) is 12.9. The molecule has 0 aromatic heterocycles. The first kappa shape index (κ1) is 14.7. The molecule has 5 nitrogen and oxygen atoms in total. The molecule has 3 aliphatic rings. The molecule has 118 valence electrons. The van der Waals surface area contributed by atoms with Crippen molar-refractivity contribution >= 4 is 11.9 Å². The van der Waals surface area contributed by atoms with Gasteiger partial charge in [-0.1, -0.05) is 19.3 Å². The molecule has 3 rings (SSSR count). The molecule has 2 aliphatic heterocycles. The Labute approximate surface area is 126 Å². The van der Waals surface area contributed by atoms with Crippen LogP contribution in [0.25, 0.3) is 0 Å². The molecule has 3 amide bonds. The minimum atomic E-state index is -0.391. The Kier molecular flexibility index (Phi) is 4.09. The minimum absolute atomic E-state index is 0.0370. The van der Waals surface area contributed by atoms with Gasteiger partial charge in [-0.3, -0.25) is 4.79 Å². The highest BCUT2D eigenvalue weighted by molar-refractivity contribution is 5.81. The van der Waals surface area contributed by atoms with Crippen LogP contribution < -0.4 is 5.73 Å². The van der Waals surface area contributed by atoms with Crippen LogP contribution in [-0.2, 0) is 4.79 Å². The summed E-state index contributed by atoms with van der Waals surface area (Å²) in [7, 11) is 0. The zero-order valence-corrected chi connectivity index (χ0v) is 12.9. The molecule has 1 spiro atoms. The molecule has 2 saturated heterocycles. The van der Waals surface area contributed by atoms with E-state index in [0.717, 1.165) is 25.9 Å².